The summed E-state index contributed by atoms with van der Waals surface area (Å²) in [6, 6.07) is 8.49. The van der Waals surface area contributed by atoms with Gasteiger partial charge in [-0.25, -0.2) is 4.98 Å². The second kappa shape index (κ2) is 6.07. The lowest BCUT2D eigenvalue weighted by molar-refractivity contribution is 0.647. The molecule has 5 heteroatoms. The Hall–Kier alpha value is -1.85. The van der Waals surface area contributed by atoms with Gasteiger partial charge in [-0.3, -0.25) is 0 Å². The van der Waals surface area contributed by atoms with Crippen LogP contribution in [-0.2, 0) is 13.0 Å². The topological polar surface area (TPSA) is 66.7 Å². The maximum Gasteiger partial charge on any atom is 0.180 e. The molecule has 0 saturated heterocycles. The van der Waals surface area contributed by atoms with Gasteiger partial charge in [-0.1, -0.05) is 18.2 Å². The minimum atomic E-state index is 0.659. The van der Waals surface area contributed by atoms with Crippen LogP contribution in [0.4, 0.5) is 5.13 Å². The van der Waals surface area contributed by atoms with Crippen LogP contribution in [-0.4, -0.2) is 16.5 Å². The first-order valence-electron chi connectivity index (χ1n) is 6.78. The van der Waals surface area contributed by atoms with Crippen LogP contribution in [0.5, 0.6) is 0 Å². The monoisotopic (exact) mass is 286 g/mol. The molecule has 2 heterocycles. The van der Waals surface area contributed by atoms with Gasteiger partial charge >= 0.3 is 0 Å². The summed E-state index contributed by atoms with van der Waals surface area (Å²) in [5.74, 6) is 0. The number of benzene rings is 1. The van der Waals surface area contributed by atoms with E-state index < -0.39 is 0 Å². The summed E-state index contributed by atoms with van der Waals surface area (Å²) in [5, 5.41) is 7.45. The van der Waals surface area contributed by atoms with E-state index in [1.807, 2.05) is 11.6 Å². The minimum absolute atomic E-state index is 0.659. The van der Waals surface area contributed by atoms with E-state index in [9.17, 15) is 0 Å². The number of nitrogens with one attached hydrogen (secondary N) is 2. The van der Waals surface area contributed by atoms with Gasteiger partial charge in [0.25, 0.3) is 0 Å². The number of aryl methyl sites for hydroxylation is 1. The second-order valence-electron chi connectivity index (χ2n) is 4.82. The molecule has 0 fully saturated rings. The van der Waals surface area contributed by atoms with Crippen LogP contribution >= 0.6 is 11.3 Å². The number of para-hydroxylation sites is 1. The van der Waals surface area contributed by atoms with Crippen molar-refractivity contribution in [3.05, 3.63) is 47.1 Å². The summed E-state index contributed by atoms with van der Waals surface area (Å²) in [7, 11) is 0. The number of hydrogen-bond acceptors (Lipinski definition) is 4. The summed E-state index contributed by atoms with van der Waals surface area (Å²) in [5.41, 5.74) is 9.25. The van der Waals surface area contributed by atoms with E-state index in [1.54, 1.807) is 0 Å². The maximum absolute atomic E-state index is 5.62. The Balaban J connectivity index is 1.47. The van der Waals surface area contributed by atoms with Crippen molar-refractivity contribution in [1.29, 1.82) is 0 Å². The van der Waals surface area contributed by atoms with Crippen LogP contribution < -0.4 is 11.1 Å². The van der Waals surface area contributed by atoms with Crippen molar-refractivity contribution in [3.63, 3.8) is 0 Å². The van der Waals surface area contributed by atoms with Crippen LogP contribution in [0.15, 0.2) is 35.8 Å². The highest BCUT2D eigenvalue weighted by atomic mass is 32.1. The van der Waals surface area contributed by atoms with Crippen molar-refractivity contribution in [3.8, 4) is 0 Å². The fourth-order valence-corrected chi connectivity index (χ4v) is 2.95. The van der Waals surface area contributed by atoms with Gasteiger partial charge in [-0.05, 0) is 36.4 Å². The standard InChI is InChI=1S/C15H18N4S/c16-15-19-13(10-20-15)5-2-7-17-9-12-4-1-3-11-6-8-18-14(11)12/h1,3-4,6,8,10,17-18H,2,5,7,9H2,(H2,16,19). The molecule has 20 heavy (non-hydrogen) atoms. The maximum atomic E-state index is 5.62. The lowest BCUT2D eigenvalue weighted by Gasteiger charge is -2.05. The Labute approximate surface area is 122 Å². The molecule has 3 aromatic rings. The summed E-state index contributed by atoms with van der Waals surface area (Å²) in [6.07, 6.45) is 4.04. The lowest BCUT2D eigenvalue weighted by Crippen LogP contribution is -2.15. The summed E-state index contributed by atoms with van der Waals surface area (Å²) in [4.78, 5) is 7.56. The number of fused-ring (bicyclic) bond motifs is 1. The number of thiazole rings is 1. The van der Waals surface area contributed by atoms with Crippen LogP contribution in [0.25, 0.3) is 10.9 Å². The van der Waals surface area contributed by atoms with Crippen LogP contribution in [0.3, 0.4) is 0 Å². The Kier molecular flexibility index (Phi) is 3.99. The average Bonchev–Trinajstić information content (AvgIpc) is 3.07. The molecular weight excluding hydrogens is 268 g/mol. The number of aromatic amines is 1. The molecule has 1 aromatic carbocycles. The van der Waals surface area contributed by atoms with E-state index in [0.29, 0.717) is 5.13 Å². The third-order valence-corrected chi connectivity index (χ3v) is 4.07. The highest BCUT2D eigenvalue weighted by molar-refractivity contribution is 7.13. The Bertz CT molecular complexity index is 686. The Morgan fingerprint density at radius 1 is 1.30 bits per heavy atom. The SMILES string of the molecule is Nc1nc(CCCNCc2cccc3cc[nH]c23)cs1. The molecule has 0 aliphatic heterocycles. The quantitative estimate of drug-likeness (QED) is 0.610. The number of aromatic nitrogens is 2. The zero-order chi connectivity index (χ0) is 13.8. The molecule has 0 spiro atoms. The van der Waals surface area contributed by atoms with Crippen molar-refractivity contribution in [2.24, 2.45) is 0 Å². The van der Waals surface area contributed by atoms with E-state index in [2.05, 4.69) is 39.6 Å². The van der Waals surface area contributed by atoms with Gasteiger partial charge in [0.1, 0.15) is 0 Å². The molecule has 2 aromatic heterocycles. The first-order chi connectivity index (χ1) is 9.83. The second-order valence-corrected chi connectivity index (χ2v) is 5.71. The largest absolute Gasteiger partial charge is 0.375 e. The number of rotatable bonds is 6. The third-order valence-electron chi connectivity index (χ3n) is 3.34. The number of hydrogen-bond donors (Lipinski definition) is 3. The molecule has 0 atom stereocenters. The van der Waals surface area contributed by atoms with Crippen molar-refractivity contribution in [2.45, 2.75) is 19.4 Å². The van der Waals surface area contributed by atoms with Gasteiger partial charge in [0.05, 0.1) is 5.69 Å². The Morgan fingerprint density at radius 3 is 3.10 bits per heavy atom. The predicted octanol–water partition coefficient (Wildman–Crippen LogP) is 2.93. The van der Waals surface area contributed by atoms with E-state index in [-0.39, 0.29) is 0 Å². The van der Waals surface area contributed by atoms with Crippen molar-refractivity contribution in [2.75, 3.05) is 12.3 Å². The van der Waals surface area contributed by atoms with Crippen molar-refractivity contribution >= 4 is 27.4 Å². The summed E-state index contributed by atoms with van der Waals surface area (Å²) >= 11 is 1.51. The molecule has 0 aliphatic rings. The fourth-order valence-electron chi connectivity index (χ4n) is 2.35. The normalized spacial score (nSPS) is 11.2. The highest BCUT2D eigenvalue weighted by Gasteiger charge is 2.02. The molecule has 0 amide bonds. The van der Waals surface area contributed by atoms with E-state index in [4.69, 9.17) is 5.73 Å². The van der Waals surface area contributed by atoms with Crippen LogP contribution in [0.2, 0.25) is 0 Å². The summed E-state index contributed by atoms with van der Waals surface area (Å²) < 4.78 is 0. The van der Waals surface area contributed by atoms with Gasteiger partial charge in [0.2, 0.25) is 0 Å². The zero-order valence-corrected chi connectivity index (χ0v) is 12.0. The zero-order valence-electron chi connectivity index (χ0n) is 11.2. The predicted molar refractivity (Wildman–Crippen MR) is 84.9 cm³/mol. The number of nitrogen functional groups attached to an aromatic ring is 1. The van der Waals surface area contributed by atoms with E-state index in [1.165, 1.54) is 27.8 Å². The van der Waals surface area contributed by atoms with Gasteiger partial charge in [0.15, 0.2) is 5.13 Å². The Morgan fingerprint density at radius 2 is 2.25 bits per heavy atom. The number of anilines is 1. The molecule has 4 N–H and O–H groups in total. The fraction of sp³-hybridized carbons (Fsp3) is 0.267. The van der Waals surface area contributed by atoms with Gasteiger partial charge in [-0.2, -0.15) is 0 Å². The highest BCUT2D eigenvalue weighted by Crippen LogP contribution is 2.16. The smallest absolute Gasteiger partial charge is 0.180 e. The van der Waals surface area contributed by atoms with E-state index in [0.717, 1.165) is 31.6 Å². The average molecular weight is 286 g/mol. The molecular formula is C15H18N4S. The summed E-state index contributed by atoms with van der Waals surface area (Å²) in [6.45, 7) is 1.87. The molecule has 0 bridgehead atoms. The van der Waals surface area contributed by atoms with Crippen molar-refractivity contribution in [1.82, 2.24) is 15.3 Å². The molecule has 104 valence electrons. The first-order valence-corrected chi connectivity index (χ1v) is 7.66. The number of nitrogens with zero attached hydrogens (tertiary/aromatic N) is 1. The molecule has 0 aliphatic carbocycles. The van der Waals surface area contributed by atoms with Gasteiger partial charge in [-0.15, -0.1) is 11.3 Å². The molecule has 4 nitrogen and oxygen atoms in total. The van der Waals surface area contributed by atoms with Crippen molar-refractivity contribution < 1.29 is 0 Å². The van der Waals surface area contributed by atoms with Crippen LogP contribution in [0.1, 0.15) is 17.7 Å². The molecule has 0 unspecified atom stereocenters. The minimum Gasteiger partial charge on any atom is -0.375 e. The van der Waals surface area contributed by atoms with Crippen LogP contribution in [0, 0.1) is 0 Å². The lowest BCUT2D eigenvalue weighted by atomic mass is 10.1. The number of nitrogens with two attached hydrogens (primary N) is 1. The number of H-pyrrole nitrogens is 1. The van der Waals surface area contributed by atoms with E-state index >= 15 is 0 Å². The first kappa shape index (κ1) is 13.1. The third kappa shape index (κ3) is 3.00. The van der Waals surface area contributed by atoms with Gasteiger partial charge < -0.3 is 16.0 Å². The molecule has 0 saturated carbocycles. The molecule has 3 rings (SSSR count). The van der Waals surface area contributed by atoms with Gasteiger partial charge in [0, 0.05) is 23.6 Å². The molecule has 0 radical (unpaired) electrons.